The Hall–Kier alpha value is -3.91. The molecule has 0 aromatic heterocycles. The number of rotatable bonds is 6. The summed E-state index contributed by atoms with van der Waals surface area (Å²) in [6.07, 6.45) is 0. The topological polar surface area (TPSA) is 79.2 Å². The monoisotopic (exact) mass is 398 g/mol. The van der Waals surface area contributed by atoms with Crippen molar-refractivity contribution in [3.63, 3.8) is 0 Å². The fourth-order valence-corrected chi connectivity index (χ4v) is 2.96. The first-order valence-electron chi connectivity index (χ1n) is 9.57. The molecule has 0 saturated carbocycles. The number of nitrogens with zero attached hydrogens (tertiary/aromatic N) is 1. The molecule has 0 heterocycles. The van der Waals surface area contributed by atoms with Crippen molar-refractivity contribution in [1.29, 1.82) is 5.26 Å². The van der Waals surface area contributed by atoms with Gasteiger partial charge in [-0.25, -0.2) is 0 Å². The number of carbonyl (C=O) groups excluding carboxylic acids is 2. The van der Waals surface area contributed by atoms with Crippen molar-refractivity contribution in [2.75, 3.05) is 6.54 Å². The molecule has 3 aromatic carbocycles. The summed E-state index contributed by atoms with van der Waals surface area (Å²) in [5.74, 6) is -0.818. The van der Waals surface area contributed by atoms with Crippen LogP contribution in [0.1, 0.15) is 32.6 Å². The van der Waals surface area contributed by atoms with Gasteiger partial charge in [-0.3, -0.25) is 9.59 Å². The average Bonchev–Trinajstić information content (AvgIpc) is 2.78. The Morgan fingerprint density at radius 1 is 0.967 bits per heavy atom. The van der Waals surface area contributed by atoms with Crippen LogP contribution in [0.3, 0.4) is 0 Å². The van der Waals surface area contributed by atoms with Gasteiger partial charge in [0.15, 0.2) is 0 Å². The molecule has 1 amide bonds. The van der Waals surface area contributed by atoms with E-state index < -0.39 is 5.97 Å². The van der Waals surface area contributed by atoms with Crippen molar-refractivity contribution in [2.45, 2.75) is 20.5 Å². The third kappa shape index (κ3) is 5.12. The van der Waals surface area contributed by atoms with Crippen molar-refractivity contribution in [3.05, 3.63) is 94.5 Å². The summed E-state index contributed by atoms with van der Waals surface area (Å²) in [6, 6.07) is 22.5. The lowest BCUT2D eigenvalue weighted by Crippen LogP contribution is -2.30. The molecule has 0 spiro atoms. The van der Waals surface area contributed by atoms with Crippen LogP contribution in [0.2, 0.25) is 0 Å². The van der Waals surface area contributed by atoms with Gasteiger partial charge in [0.1, 0.15) is 13.2 Å². The van der Waals surface area contributed by atoms with Crippen LogP contribution in [0.5, 0.6) is 0 Å². The molecule has 1 N–H and O–H groups in total. The highest BCUT2D eigenvalue weighted by molar-refractivity contribution is 5.96. The minimum Gasteiger partial charge on any atom is -0.460 e. The molecule has 0 saturated heterocycles. The molecule has 150 valence electrons. The first-order valence-corrected chi connectivity index (χ1v) is 9.57. The highest BCUT2D eigenvalue weighted by Crippen LogP contribution is 2.23. The summed E-state index contributed by atoms with van der Waals surface area (Å²) >= 11 is 0. The van der Waals surface area contributed by atoms with Crippen molar-refractivity contribution in [1.82, 2.24) is 5.32 Å². The maximum atomic E-state index is 12.2. The molecule has 5 nitrogen and oxygen atoms in total. The Morgan fingerprint density at radius 2 is 1.70 bits per heavy atom. The van der Waals surface area contributed by atoms with Crippen molar-refractivity contribution >= 4 is 11.9 Å². The number of hydrogen-bond acceptors (Lipinski definition) is 4. The number of benzene rings is 3. The van der Waals surface area contributed by atoms with Gasteiger partial charge in [-0.2, -0.15) is 5.26 Å². The first-order chi connectivity index (χ1) is 14.5. The largest absolute Gasteiger partial charge is 0.460 e. The number of hydrogen-bond donors (Lipinski definition) is 1. The number of nitrogens with one attached hydrogen (secondary N) is 1. The normalized spacial score (nSPS) is 10.2. The first kappa shape index (κ1) is 20.8. The van der Waals surface area contributed by atoms with Crippen LogP contribution in [-0.2, 0) is 16.1 Å². The number of carbonyl (C=O) groups is 2. The van der Waals surface area contributed by atoms with E-state index in [9.17, 15) is 14.9 Å². The Labute approximate surface area is 175 Å². The minimum atomic E-state index is -0.508. The zero-order valence-electron chi connectivity index (χ0n) is 16.9. The van der Waals surface area contributed by atoms with Crippen LogP contribution in [0.15, 0.2) is 66.7 Å². The third-order valence-electron chi connectivity index (χ3n) is 4.87. The molecule has 0 aliphatic rings. The van der Waals surface area contributed by atoms with E-state index in [0.29, 0.717) is 11.1 Å². The smallest absolute Gasteiger partial charge is 0.325 e. The Balaban J connectivity index is 1.51. The number of nitriles is 1. The molecular formula is C25H22N2O3. The fourth-order valence-electron chi connectivity index (χ4n) is 2.96. The SMILES string of the molecule is Cc1ccc(C(=O)NCC(=O)OCc2ccc(-c3ccccc3C#N)cc2)cc1C. The van der Waals surface area contributed by atoms with E-state index in [2.05, 4.69) is 11.4 Å². The number of ether oxygens (including phenoxy) is 1. The van der Waals surface area contributed by atoms with E-state index in [0.717, 1.165) is 27.8 Å². The van der Waals surface area contributed by atoms with E-state index in [4.69, 9.17) is 4.74 Å². The maximum Gasteiger partial charge on any atom is 0.325 e. The predicted octanol–water partition coefficient (Wildman–Crippen LogP) is 4.32. The summed E-state index contributed by atoms with van der Waals surface area (Å²) in [7, 11) is 0. The second-order valence-corrected chi connectivity index (χ2v) is 7.00. The molecule has 5 heteroatoms. The van der Waals surface area contributed by atoms with Gasteiger partial charge < -0.3 is 10.1 Å². The molecule has 0 atom stereocenters. The van der Waals surface area contributed by atoms with E-state index in [1.165, 1.54) is 0 Å². The zero-order chi connectivity index (χ0) is 21.5. The summed E-state index contributed by atoms with van der Waals surface area (Å²) in [5, 5.41) is 11.8. The summed E-state index contributed by atoms with van der Waals surface area (Å²) in [4.78, 5) is 24.1. The summed E-state index contributed by atoms with van der Waals surface area (Å²) in [6.45, 7) is 3.83. The van der Waals surface area contributed by atoms with E-state index in [1.807, 2.05) is 62.4 Å². The molecule has 0 aliphatic carbocycles. The number of esters is 1. The van der Waals surface area contributed by atoms with Gasteiger partial charge in [-0.15, -0.1) is 0 Å². The third-order valence-corrected chi connectivity index (χ3v) is 4.87. The van der Waals surface area contributed by atoms with Gasteiger partial charge in [0.2, 0.25) is 0 Å². The quantitative estimate of drug-likeness (QED) is 0.628. The van der Waals surface area contributed by atoms with Crippen molar-refractivity contribution in [3.8, 4) is 17.2 Å². The molecule has 0 fully saturated rings. The molecule has 0 radical (unpaired) electrons. The number of amides is 1. The Morgan fingerprint density at radius 3 is 2.40 bits per heavy atom. The molecule has 3 rings (SSSR count). The molecule has 0 unspecified atom stereocenters. The van der Waals surface area contributed by atoms with Gasteiger partial charge in [0.05, 0.1) is 11.6 Å². The zero-order valence-corrected chi connectivity index (χ0v) is 16.9. The molecule has 30 heavy (non-hydrogen) atoms. The van der Waals surface area contributed by atoms with Crippen LogP contribution in [0.25, 0.3) is 11.1 Å². The maximum absolute atomic E-state index is 12.2. The standard InChI is InChI=1S/C25H22N2O3/c1-17-7-10-21(13-18(17)2)25(29)27-15-24(28)30-16-19-8-11-20(12-9-19)23-6-4-3-5-22(23)14-26/h3-13H,15-16H2,1-2H3,(H,27,29). The lowest BCUT2D eigenvalue weighted by molar-refractivity contribution is -0.143. The van der Waals surface area contributed by atoms with Crippen molar-refractivity contribution < 1.29 is 14.3 Å². The van der Waals surface area contributed by atoms with E-state index in [1.54, 1.807) is 18.2 Å². The van der Waals surface area contributed by atoms with Gasteiger partial charge >= 0.3 is 5.97 Å². The number of aryl methyl sites for hydroxylation is 2. The molecule has 3 aromatic rings. The fraction of sp³-hybridized carbons (Fsp3) is 0.160. The van der Waals surface area contributed by atoms with E-state index in [-0.39, 0.29) is 19.1 Å². The average molecular weight is 398 g/mol. The van der Waals surface area contributed by atoms with Gasteiger partial charge in [0, 0.05) is 5.56 Å². The van der Waals surface area contributed by atoms with Crippen LogP contribution in [-0.4, -0.2) is 18.4 Å². The Kier molecular flexibility index (Phi) is 6.61. The van der Waals surface area contributed by atoms with Crippen LogP contribution in [0.4, 0.5) is 0 Å². The molecule has 0 bridgehead atoms. The van der Waals surface area contributed by atoms with Gasteiger partial charge in [-0.1, -0.05) is 48.5 Å². The van der Waals surface area contributed by atoms with Crippen LogP contribution >= 0.6 is 0 Å². The summed E-state index contributed by atoms with van der Waals surface area (Å²) in [5.41, 5.74) is 5.84. The molecular weight excluding hydrogens is 376 g/mol. The summed E-state index contributed by atoms with van der Waals surface area (Å²) < 4.78 is 5.24. The van der Waals surface area contributed by atoms with Gasteiger partial charge in [0.25, 0.3) is 5.91 Å². The molecule has 0 aliphatic heterocycles. The van der Waals surface area contributed by atoms with Crippen molar-refractivity contribution in [2.24, 2.45) is 0 Å². The predicted molar refractivity (Wildman–Crippen MR) is 115 cm³/mol. The van der Waals surface area contributed by atoms with Gasteiger partial charge in [-0.05, 0) is 59.9 Å². The second kappa shape index (κ2) is 9.53. The van der Waals surface area contributed by atoms with Crippen LogP contribution in [0, 0.1) is 25.2 Å². The second-order valence-electron chi connectivity index (χ2n) is 7.00. The van der Waals surface area contributed by atoms with Crippen LogP contribution < -0.4 is 5.32 Å². The lowest BCUT2D eigenvalue weighted by atomic mass is 9.99. The van der Waals surface area contributed by atoms with E-state index >= 15 is 0 Å². The minimum absolute atomic E-state index is 0.110. The highest BCUT2D eigenvalue weighted by Gasteiger charge is 2.10. The highest BCUT2D eigenvalue weighted by atomic mass is 16.5. The lowest BCUT2D eigenvalue weighted by Gasteiger charge is -2.09. The Bertz CT molecular complexity index is 1110.